The van der Waals surface area contributed by atoms with Crippen LogP contribution in [0.1, 0.15) is 20.3 Å². The summed E-state index contributed by atoms with van der Waals surface area (Å²) in [6, 6.07) is 4.96. The molecule has 1 rings (SSSR count). The number of hydrogen-bond donors (Lipinski definition) is 2. The number of anilines is 1. The Labute approximate surface area is 117 Å². The van der Waals surface area contributed by atoms with E-state index in [1.54, 1.807) is 18.2 Å². The van der Waals surface area contributed by atoms with Gasteiger partial charge in [-0.05, 0) is 26.0 Å². The van der Waals surface area contributed by atoms with Gasteiger partial charge >= 0.3 is 5.97 Å². The summed E-state index contributed by atoms with van der Waals surface area (Å²) in [6.45, 7) is 3.00. The average Bonchev–Trinajstić information content (AvgIpc) is 2.38. The number of methoxy groups -OCH3 is 2. The van der Waals surface area contributed by atoms with Crippen LogP contribution in [-0.2, 0) is 9.59 Å². The van der Waals surface area contributed by atoms with Crippen LogP contribution in [0.25, 0.3) is 0 Å². The number of rotatable bonds is 6. The Morgan fingerprint density at radius 1 is 1.25 bits per heavy atom. The number of carbonyl (C=O) groups is 2. The fraction of sp³-hybridized carbons (Fsp3) is 0.429. The molecule has 6 heteroatoms. The van der Waals surface area contributed by atoms with Crippen molar-refractivity contribution in [1.82, 2.24) is 0 Å². The van der Waals surface area contributed by atoms with Crippen LogP contribution in [0.15, 0.2) is 18.2 Å². The van der Waals surface area contributed by atoms with Crippen LogP contribution in [0.3, 0.4) is 0 Å². The van der Waals surface area contributed by atoms with Gasteiger partial charge in [0.05, 0.1) is 25.3 Å². The first-order chi connectivity index (χ1) is 9.30. The highest BCUT2D eigenvalue weighted by molar-refractivity contribution is 5.95. The Morgan fingerprint density at radius 2 is 1.90 bits per heavy atom. The topological polar surface area (TPSA) is 84.9 Å². The first kappa shape index (κ1) is 15.8. The van der Waals surface area contributed by atoms with Crippen LogP contribution in [0.4, 0.5) is 5.69 Å². The van der Waals surface area contributed by atoms with E-state index in [1.165, 1.54) is 28.1 Å². The first-order valence-corrected chi connectivity index (χ1v) is 6.05. The van der Waals surface area contributed by atoms with Gasteiger partial charge in [-0.2, -0.15) is 0 Å². The summed E-state index contributed by atoms with van der Waals surface area (Å²) in [5.74, 6) is -0.355. The molecule has 0 fully saturated rings. The molecular weight excluding hydrogens is 262 g/mol. The maximum Gasteiger partial charge on any atom is 0.309 e. The lowest BCUT2D eigenvalue weighted by Gasteiger charge is -2.19. The molecule has 6 nitrogen and oxygen atoms in total. The zero-order valence-corrected chi connectivity index (χ0v) is 12.0. The van der Waals surface area contributed by atoms with E-state index in [0.717, 1.165) is 0 Å². The maximum atomic E-state index is 11.9. The monoisotopic (exact) mass is 281 g/mol. The van der Waals surface area contributed by atoms with Crippen molar-refractivity contribution in [3.05, 3.63) is 18.2 Å². The third-order valence-electron chi connectivity index (χ3n) is 2.86. The van der Waals surface area contributed by atoms with Gasteiger partial charge in [0.1, 0.15) is 11.5 Å². The van der Waals surface area contributed by atoms with Gasteiger partial charge < -0.3 is 19.9 Å². The van der Waals surface area contributed by atoms with E-state index in [0.29, 0.717) is 17.2 Å². The summed E-state index contributed by atoms with van der Waals surface area (Å²) in [6.07, 6.45) is -0.127. The normalized spacial score (nSPS) is 10.8. The highest BCUT2D eigenvalue weighted by Crippen LogP contribution is 2.30. The van der Waals surface area contributed by atoms with E-state index in [-0.39, 0.29) is 12.3 Å². The molecule has 0 aliphatic carbocycles. The molecule has 1 amide bonds. The van der Waals surface area contributed by atoms with Crippen molar-refractivity contribution in [1.29, 1.82) is 0 Å². The van der Waals surface area contributed by atoms with Crippen LogP contribution >= 0.6 is 0 Å². The van der Waals surface area contributed by atoms with Gasteiger partial charge in [-0.25, -0.2) is 0 Å². The minimum Gasteiger partial charge on any atom is -0.497 e. The number of nitrogens with one attached hydrogen (secondary N) is 1. The van der Waals surface area contributed by atoms with E-state index in [9.17, 15) is 9.59 Å². The quantitative estimate of drug-likeness (QED) is 0.834. The summed E-state index contributed by atoms with van der Waals surface area (Å²) in [5.41, 5.74) is -0.649. The number of aliphatic carboxylic acids is 1. The molecule has 0 radical (unpaired) electrons. The van der Waals surface area contributed by atoms with Crippen LogP contribution in [0.2, 0.25) is 0 Å². The molecule has 0 aliphatic rings. The highest BCUT2D eigenvalue weighted by Gasteiger charge is 2.30. The summed E-state index contributed by atoms with van der Waals surface area (Å²) in [5, 5.41) is 11.6. The molecule has 0 saturated heterocycles. The smallest absolute Gasteiger partial charge is 0.309 e. The molecule has 0 heterocycles. The number of benzene rings is 1. The molecule has 0 atom stereocenters. The second kappa shape index (κ2) is 6.27. The fourth-order valence-electron chi connectivity index (χ4n) is 1.57. The van der Waals surface area contributed by atoms with Crippen molar-refractivity contribution in [2.24, 2.45) is 5.41 Å². The van der Waals surface area contributed by atoms with Crippen molar-refractivity contribution in [3.8, 4) is 11.5 Å². The zero-order valence-electron chi connectivity index (χ0n) is 12.0. The van der Waals surface area contributed by atoms with E-state index in [1.807, 2.05) is 0 Å². The first-order valence-electron chi connectivity index (χ1n) is 6.05. The van der Waals surface area contributed by atoms with E-state index in [4.69, 9.17) is 14.6 Å². The molecular formula is C14H19NO5. The molecule has 110 valence electrons. The third kappa shape index (κ3) is 3.88. The van der Waals surface area contributed by atoms with Gasteiger partial charge in [-0.15, -0.1) is 0 Å². The Kier molecular flexibility index (Phi) is 4.96. The fourth-order valence-corrected chi connectivity index (χ4v) is 1.57. The standard InChI is InChI=1S/C14H19NO5/c1-14(2,13(17)18)8-12(16)15-10-6-5-9(19-3)7-11(10)20-4/h5-7H,8H2,1-4H3,(H,15,16)(H,17,18). The number of carbonyl (C=O) groups excluding carboxylic acids is 1. The van der Waals surface area contributed by atoms with Crippen molar-refractivity contribution >= 4 is 17.6 Å². The predicted octanol–water partition coefficient (Wildman–Crippen LogP) is 2.14. The van der Waals surface area contributed by atoms with Crippen LogP contribution < -0.4 is 14.8 Å². The number of ether oxygens (including phenoxy) is 2. The number of hydrogen-bond acceptors (Lipinski definition) is 4. The van der Waals surface area contributed by atoms with Crippen molar-refractivity contribution in [2.45, 2.75) is 20.3 Å². The number of carboxylic acid groups (broad SMARTS) is 1. The molecule has 0 unspecified atom stereocenters. The van der Waals surface area contributed by atoms with Crippen molar-refractivity contribution < 1.29 is 24.2 Å². The highest BCUT2D eigenvalue weighted by atomic mass is 16.5. The summed E-state index contributed by atoms with van der Waals surface area (Å²) < 4.78 is 10.2. The Balaban J connectivity index is 2.83. The Hall–Kier alpha value is -2.24. The third-order valence-corrected chi connectivity index (χ3v) is 2.86. The molecule has 20 heavy (non-hydrogen) atoms. The molecule has 2 N–H and O–H groups in total. The van der Waals surface area contributed by atoms with Gasteiger partial charge in [0.2, 0.25) is 5.91 Å². The molecule has 1 aromatic rings. The molecule has 0 saturated carbocycles. The van der Waals surface area contributed by atoms with E-state index in [2.05, 4.69) is 5.32 Å². The Morgan fingerprint density at radius 3 is 2.40 bits per heavy atom. The summed E-state index contributed by atoms with van der Waals surface area (Å²) in [7, 11) is 3.01. The lowest BCUT2D eigenvalue weighted by molar-refractivity contribution is -0.148. The zero-order chi connectivity index (χ0) is 15.3. The van der Waals surface area contributed by atoms with Gasteiger partial charge in [0.15, 0.2) is 0 Å². The number of amides is 1. The minimum atomic E-state index is -1.12. The Bertz CT molecular complexity index is 510. The largest absolute Gasteiger partial charge is 0.497 e. The van der Waals surface area contributed by atoms with Crippen molar-refractivity contribution in [2.75, 3.05) is 19.5 Å². The maximum absolute atomic E-state index is 11.9. The van der Waals surface area contributed by atoms with E-state index >= 15 is 0 Å². The van der Waals surface area contributed by atoms with Gasteiger partial charge in [-0.3, -0.25) is 9.59 Å². The number of carboxylic acids is 1. The van der Waals surface area contributed by atoms with Crippen LogP contribution in [0, 0.1) is 5.41 Å². The van der Waals surface area contributed by atoms with Gasteiger partial charge in [0, 0.05) is 12.5 Å². The van der Waals surface area contributed by atoms with Gasteiger partial charge in [0.25, 0.3) is 0 Å². The SMILES string of the molecule is COc1ccc(NC(=O)CC(C)(C)C(=O)O)c(OC)c1. The lowest BCUT2D eigenvalue weighted by Crippen LogP contribution is -2.29. The molecule has 0 aliphatic heterocycles. The predicted molar refractivity (Wildman–Crippen MR) is 74.2 cm³/mol. The summed E-state index contributed by atoms with van der Waals surface area (Å²) in [4.78, 5) is 22.9. The van der Waals surface area contributed by atoms with E-state index < -0.39 is 11.4 Å². The van der Waals surface area contributed by atoms with Crippen LogP contribution in [-0.4, -0.2) is 31.2 Å². The molecule has 0 spiro atoms. The van der Waals surface area contributed by atoms with Gasteiger partial charge in [-0.1, -0.05) is 0 Å². The molecule has 1 aromatic carbocycles. The van der Waals surface area contributed by atoms with Crippen molar-refractivity contribution in [3.63, 3.8) is 0 Å². The summed E-state index contributed by atoms with van der Waals surface area (Å²) >= 11 is 0. The second-order valence-electron chi connectivity index (χ2n) is 4.98. The van der Waals surface area contributed by atoms with Crippen LogP contribution in [0.5, 0.6) is 11.5 Å². The second-order valence-corrected chi connectivity index (χ2v) is 4.98. The molecule has 0 aromatic heterocycles. The molecule has 0 bridgehead atoms. The average molecular weight is 281 g/mol. The minimum absolute atomic E-state index is 0.127. The lowest BCUT2D eigenvalue weighted by atomic mass is 9.89.